The van der Waals surface area contributed by atoms with E-state index in [1.165, 1.54) is 7.11 Å². The predicted octanol–water partition coefficient (Wildman–Crippen LogP) is 0.793. The standard InChI is InChI=1S/C10H16BrN3O3/c1-3-10(5-15,6-16)14-9-12-4-7(11)8(13-9)17-2/h4,15-16H,3,5-6H2,1-2H3,(H,12,13,14). The number of aliphatic hydroxyl groups is 2. The van der Waals surface area contributed by atoms with Gasteiger partial charge in [-0.1, -0.05) is 6.92 Å². The first-order valence-corrected chi connectivity index (χ1v) is 5.96. The molecule has 0 radical (unpaired) electrons. The zero-order valence-corrected chi connectivity index (χ0v) is 11.4. The molecule has 1 aromatic heterocycles. The number of anilines is 1. The van der Waals surface area contributed by atoms with E-state index in [9.17, 15) is 10.2 Å². The maximum atomic E-state index is 9.30. The lowest BCUT2D eigenvalue weighted by Gasteiger charge is -2.29. The van der Waals surface area contributed by atoms with Gasteiger partial charge < -0.3 is 20.3 Å². The summed E-state index contributed by atoms with van der Waals surface area (Å²) in [7, 11) is 1.50. The van der Waals surface area contributed by atoms with E-state index in [4.69, 9.17) is 4.74 Å². The predicted molar refractivity (Wildman–Crippen MR) is 67.1 cm³/mol. The van der Waals surface area contributed by atoms with Crippen LogP contribution in [0.15, 0.2) is 10.7 Å². The zero-order chi connectivity index (χ0) is 12.9. The molecule has 0 bridgehead atoms. The summed E-state index contributed by atoms with van der Waals surface area (Å²) in [5.74, 6) is 0.693. The SMILES string of the molecule is CCC(CO)(CO)Nc1ncc(Br)c(OC)n1. The molecule has 1 rings (SSSR count). The fourth-order valence-electron chi connectivity index (χ4n) is 1.23. The second-order valence-corrected chi connectivity index (χ2v) is 4.48. The number of nitrogens with zero attached hydrogens (tertiary/aromatic N) is 2. The summed E-state index contributed by atoms with van der Waals surface area (Å²) < 4.78 is 5.68. The molecule has 6 nitrogen and oxygen atoms in total. The number of ether oxygens (including phenoxy) is 1. The Morgan fingerprint density at radius 3 is 2.59 bits per heavy atom. The molecule has 0 aliphatic rings. The summed E-state index contributed by atoms with van der Waals surface area (Å²) in [6.45, 7) is 1.44. The van der Waals surface area contributed by atoms with Crippen LogP contribution in [0.4, 0.5) is 5.95 Å². The lowest BCUT2D eigenvalue weighted by Crippen LogP contribution is -2.45. The van der Waals surface area contributed by atoms with Crippen molar-refractivity contribution in [2.24, 2.45) is 0 Å². The highest BCUT2D eigenvalue weighted by Crippen LogP contribution is 2.23. The third kappa shape index (κ3) is 3.27. The highest BCUT2D eigenvalue weighted by molar-refractivity contribution is 9.10. The molecule has 0 amide bonds. The van der Waals surface area contributed by atoms with Gasteiger partial charge >= 0.3 is 0 Å². The van der Waals surface area contributed by atoms with Gasteiger partial charge in [0.15, 0.2) is 0 Å². The molecule has 1 heterocycles. The number of aromatic nitrogens is 2. The molecule has 0 aliphatic heterocycles. The molecule has 3 N–H and O–H groups in total. The van der Waals surface area contributed by atoms with Crippen LogP contribution in [0.3, 0.4) is 0 Å². The molecular formula is C10H16BrN3O3. The first-order chi connectivity index (χ1) is 8.10. The second kappa shape index (κ2) is 6.13. The average molecular weight is 306 g/mol. The molecule has 0 unspecified atom stereocenters. The first-order valence-electron chi connectivity index (χ1n) is 5.17. The molecule has 96 valence electrons. The third-order valence-electron chi connectivity index (χ3n) is 2.56. The van der Waals surface area contributed by atoms with E-state index in [-0.39, 0.29) is 13.2 Å². The number of rotatable bonds is 6. The minimum atomic E-state index is -0.821. The molecule has 0 fully saturated rings. The number of methoxy groups -OCH3 is 1. The molecular weight excluding hydrogens is 290 g/mol. The number of hydrogen-bond donors (Lipinski definition) is 3. The van der Waals surface area contributed by atoms with Gasteiger partial charge in [-0.3, -0.25) is 0 Å². The fourth-order valence-corrected chi connectivity index (χ4v) is 1.59. The van der Waals surface area contributed by atoms with Crippen LogP contribution in [-0.2, 0) is 0 Å². The van der Waals surface area contributed by atoms with Gasteiger partial charge in [0.2, 0.25) is 11.8 Å². The average Bonchev–Trinajstić information content (AvgIpc) is 2.38. The second-order valence-electron chi connectivity index (χ2n) is 3.63. The largest absolute Gasteiger partial charge is 0.480 e. The summed E-state index contributed by atoms with van der Waals surface area (Å²) >= 11 is 3.24. The van der Waals surface area contributed by atoms with Gasteiger partial charge in [0.1, 0.15) is 0 Å². The van der Waals surface area contributed by atoms with Crippen LogP contribution in [0.5, 0.6) is 5.88 Å². The van der Waals surface area contributed by atoms with E-state index in [0.29, 0.717) is 22.7 Å². The van der Waals surface area contributed by atoms with E-state index in [1.54, 1.807) is 6.20 Å². The maximum Gasteiger partial charge on any atom is 0.232 e. The van der Waals surface area contributed by atoms with E-state index in [1.807, 2.05) is 6.92 Å². The van der Waals surface area contributed by atoms with Crippen molar-refractivity contribution < 1.29 is 14.9 Å². The summed E-state index contributed by atoms with van der Waals surface area (Å²) in [5.41, 5.74) is -0.821. The highest BCUT2D eigenvalue weighted by Gasteiger charge is 2.27. The van der Waals surface area contributed by atoms with Crippen molar-refractivity contribution in [2.75, 3.05) is 25.6 Å². The van der Waals surface area contributed by atoms with Crippen LogP contribution in [0, 0.1) is 0 Å². The minimum Gasteiger partial charge on any atom is -0.480 e. The minimum absolute atomic E-state index is 0.207. The molecule has 0 saturated carbocycles. The van der Waals surface area contributed by atoms with Crippen molar-refractivity contribution in [3.63, 3.8) is 0 Å². The lowest BCUT2D eigenvalue weighted by atomic mass is 9.99. The normalized spacial score (nSPS) is 11.4. The Morgan fingerprint density at radius 1 is 1.47 bits per heavy atom. The highest BCUT2D eigenvalue weighted by atomic mass is 79.9. The van der Waals surface area contributed by atoms with Crippen LogP contribution in [0.2, 0.25) is 0 Å². The van der Waals surface area contributed by atoms with E-state index >= 15 is 0 Å². The molecule has 7 heteroatoms. The van der Waals surface area contributed by atoms with Crippen molar-refractivity contribution >= 4 is 21.9 Å². The first kappa shape index (κ1) is 14.1. The van der Waals surface area contributed by atoms with Crippen molar-refractivity contribution in [3.05, 3.63) is 10.7 Å². The number of halogens is 1. The van der Waals surface area contributed by atoms with Crippen LogP contribution in [0.25, 0.3) is 0 Å². The summed E-state index contributed by atoms with van der Waals surface area (Å²) in [4.78, 5) is 8.15. The molecule has 0 spiro atoms. The quantitative estimate of drug-likeness (QED) is 0.720. The van der Waals surface area contributed by atoms with Crippen LogP contribution < -0.4 is 10.1 Å². The number of hydrogen-bond acceptors (Lipinski definition) is 6. The van der Waals surface area contributed by atoms with Crippen molar-refractivity contribution in [1.82, 2.24) is 9.97 Å². The monoisotopic (exact) mass is 305 g/mol. The number of aliphatic hydroxyl groups excluding tert-OH is 2. The van der Waals surface area contributed by atoms with E-state index in [2.05, 4.69) is 31.2 Å². The summed E-state index contributed by atoms with van der Waals surface area (Å²) in [6, 6.07) is 0. The lowest BCUT2D eigenvalue weighted by molar-refractivity contribution is 0.132. The van der Waals surface area contributed by atoms with Crippen molar-refractivity contribution in [3.8, 4) is 5.88 Å². The third-order valence-corrected chi connectivity index (χ3v) is 3.11. The molecule has 0 aromatic carbocycles. The Hall–Kier alpha value is -0.920. The van der Waals surface area contributed by atoms with Crippen LogP contribution >= 0.6 is 15.9 Å². The van der Waals surface area contributed by atoms with E-state index in [0.717, 1.165) is 0 Å². The molecule has 17 heavy (non-hydrogen) atoms. The summed E-state index contributed by atoms with van der Waals surface area (Å²) in [5, 5.41) is 21.5. The van der Waals surface area contributed by atoms with Crippen LogP contribution in [-0.4, -0.2) is 46.0 Å². The Balaban J connectivity index is 2.94. The molecule has 0 aliphatic carbocycles. The molecule has 0 saturated heterocycles. The van der Waals surface area contributed by atoms with Gasteiger partial charge in [-0.05, 0) is 22.4 Å². The van der Waals surface area contributed by atoms with Crippen molar-refractivity contribution in [1.29, 1.82) is 0 Å². The topological polar surface area (TPSA) is 87.5 Å². The van der Waals surface area contributed by atoms with Gasteiger partial charge in [0.05, 0.1) is 36.5 Å². The van der Waals surface area contributed by atoms with Gasteiger partial charge in [-0.2, -0.15) is 4.98 Å². The fraction of sp³-hybridized carbons (Fsp3) is 0.600. The van der Waals surface area contributed by atoms with Gasteiger partial charge in [0, 0.05) is 0 Å². The Labute approximate surface area is 108 Å². The number of nitrogens with one attached hydrogen (secondary N) is 1. The molecule has 0 atom stereocenters. The maximum absolute atomic E-state index is 9.30. The Kier molecular flexibility index (Phi) is 5.10. The summed E-state index contributed by atoms with van der Waals surface area (Å²) in [6.07, 6.45) is 2.09. The van der Waals surface area contributed by atoms with Crippen molar-refractivity contribution in [2.45, 2.75) is 18.9 Å². The van der Waals surface area contributed by atoms with Gasteiger partial charge in [0.25, 0.3) is 0 Å². The smallest absolute Gasteiger partial charge is 0.232 e. The van der Waals surface area contributed by atoms with Gasteiger partial charge in [-0.25, -0.2) is 4.98 Å². The van der Waals surface area contributed by atoms with Gasteiger partial charge in [-0.15, -0.1) is 0 Å². The Bertz CT molecular complexity index is 364. The van der Waals surface area contributed by atoms with Crippen LogP contribution in [0.1, 0.15) is 13.3 Å². The van der Waals surface area contributed by atoms with E-state index < -0.39 is 5.54 Å². The Morgan fingerprint density at radius 2 is 2.12 bits per heavy atom. The molecule has 1 aromatic rings. The zero-order valence-electron chi connectivity index (χ0n) is 9.77.